The van der Waals surface area contributed by atoms with Crippen LogP contribution in [0.25, 0.3) is 33.1 Å². The summed E-state index contributed by atoms with van der Waals surface area (Å²) >= 11 is 5.80. The molecular formula is C22H20BrIN4O. The summed E-state index contributed by atoms with van der Waals surface area (Å²) in [7, 11) is 0. The molecule has 5 nitrogen and oxygen atoms in total. The van der Waals surface area contributed by atoms with Gasteiger partial charge in [0.1, 0.15) is 0 Å². The smallest absolute Gasteiger partial charge is 0.252 e. The van der Waals surface area contributed by atoms with E-state index in [9.17, 15) is 4.79 Å². The van der Waals surface area contributed by atoms with Crippen molar-refractivity contribution < 1.29 is 4.79 Å². The highest BCUT2D eigenvalue weighted by Gasteiger charge is 2.16. The van der Waals surface area contributed by atoms with Crippen LogP contribution in [-0.2, 0) is 0 Å². The number of halogens is 2. The minimum Gasteiger partial charge on any atom is -0.360 e. The third kappa shape index (κ3) is 4.31. The van der Waals surface area contributed by atoms with E-state index in [1.54, 1.807) is 0 Å². The van der Waals surface area contributed by atoms with Crippen molar-refractivity contribution in [1.82, 2.24) is 15.3 Å². The summed E-state index contributed by atoms with van der Waals surface area (Å²) in [6, 6.07) is 14.0. The van der Waals surface area contributed by atoms with Gasteiger partial charge in [-0.15, -0.1) is 0 Å². The lowest BCUT2D eigenvalue weighted by molar-refractivity contribution is 0.0954. The Labute approximate surface area is 190 Å². The van der Waals surface area contributed by atoms with Crippen LogP contribution >= 0.6 is 38.5 Å². The summed E-state index contributed by atoms with van der Waals surface area (Å²) in [5.74, 6) is -0.0845. The Bertz CT molecular complexity index is 1200. The number of nitrogens with zero attached hydrogens (tertiary/aromatic N) is 1. The third-order valence-electron chi connectivity index (χ3n) is 4.85. The number of fused-ring (bicyclic) bond motifs is 2. The maximum Gasteiger partial charge on any atom is 0.252 e. The lowest BCUT2D eigenvalue weighted by atomic mass is 10.0. The van der Waals surface area contributed by atoms with E-state index in [0.29, 0.717) is 18.7 Å². The van der Waals surface area contributed by atoms with Gasteiger partial charge in [0, 0.05) is 42.6 Å². The van der Waals surface area contributed by atoms with E-state index in [0.717, 1.165) is 53.9 Å². The molecule has 0 saturated carbocycles. The fourth-order valence-electron chi connectivity index (χ4n) is 3.40. The SMILES string of the molecule is NCCCCNC(=O)c1cc(-c2c[nH]c3ccc(Br)cc23)nc2ccc(I)cc12. The number of pyridine rings is 1. The van der Waals surface area contributed by atoms with Crippen molar-refractivity contribution >= 4 is 66.2 Å². The Hall–Kier alpha value is -1.97. The molecule has 4 N–H and O–H groups in total. The Balaban J connectivity index is 1.82. The van der Waals surface area contributed by atoms with Crippen molar-refractivity contribution in [1.29, 1.82) is 0 Å². The number of H-pyrrole nitrogens is 1. The van der Waals surface area contributed by atoms with Crippen molar-refractivity contribution in [2.45, 2.75) is 12.8 Å². The molecule has 0 saturated heterocycles. The molecule has 0 radical (unpaired) electrons. The highest BCUT2D eigenvalue weighted by molar-refractivity contribution is 14.1. The molecule has 0 unspecified atom stereocenters. The van der Waals surface area contributed by atoms with Gasteiger partial charge in [-0.1, -0.05) is 15.9 Å². The van der Waals surface area contributed by atoms with E-state index in [4.69, 9.17) is 10.7 Å². The van der Waals surface area contributed by atoms with Crippen LogP contribution < -0.4 is 11.1 Å². The largest absolute Gasteiger partial charge is 0.360 e. The topological polar surface area (TPSA) is 83.8 Å². The predicted octanol–water partition coefficient (Wildman–Crippen LogP) is 5.22. The average Bonchev–Trinajstić information content (AvgIpc) is 3.13. The van der Waals surface area contributed by atoms with Crippen LogP contribution in [0.5, 0.6) is 0 Å². The molecule has 7 heteroatoms. The molecular weight excluding hydrogens is 543 g/mol. The Kier molecular flexibility index (Phi) is 6.17. The molecule has 0 spiro atoms. The lowest BCUT2D eigenvalue weighted by Crippen LogP contribution is -2.25. The van der Waals surface area contributed by atoms with Gasteiger partial charge in [-0.05, 0) is 84.4 Å². The Morgan fingerprint density at radius 3 is 2.83 bits per heavy atom. The minimum absolute atomic E-state index is 0.0845. The highest BCUT2D eigenvalue weighted by atomic mass is 127. The fraction of sp³-hybridized carbons (Fsp3) is 0.182. The second-order valence-electron chi connectivity index (χ2n) is 6.86. The summed E-state index contributed by atoms with van der Waals surface area (Å²) in [5.41, 5.74) is 9.77. The molecule has 4 aromatic rings. The van der Waals surface area contributed by atoms with E-state index in [1.165, 1.54) is 0 Å². The van der Waals surface area contributed by atoms with Gasteiger partial charge >= 0.3 is 0 Å². The molecule has 0 aliphatic heterocycles. The number of unbranched alkanes of at least 4 members (excludes halogenated alkanes) is 1. The lowest BCUT2D eigenvalue weighted by Gasteiger charge is -2.11. The predicted molar refractivity (Wildman–Crippen MR) is 130 cm³/mol. The molecule has 0 bridgehead atoms. The first-order valence-corrected chi connectivity index (χ1v) is 11.3. The van der Waals surface area contributed by atoms with E-state index < -0.39 is 0 Å². The zero-order valence-electron chi connectivity index (χ0n) is 15.6. The average molecular weight is 563 g/mol. The zero-order chi connectivity index (χ0) is 20.4. The Morgan fingerprint density at radius 2 is 2.00 bits per heavy atom. The molecule has 148 valence electrons. The first kappa shape index (κ1) is 20.3. The standard InChI is InChI=1S/C22H20BrIN4O/c23-13-3-5-19-15(9-13)18(12-27-19)21-11-17(22(29)26-8-2-1-7-25)16-10-14(24)4-6-20(16)28-21/h3-6,9-12,27H,1-2,7-8,25H2,(H,26,29). The van der Waals surface area contributed by atoms with E-state index in [2.05, 4.69) is 54.9 Å². The molecule has 4 rings (SSSR count). The number of carbonyl (C=O) groups excluding carboxylic acids is 1. The van der Waals surface area contributed by atoms with Crippen LogP contribution in [-0.4, -0.2) is 29.0 Å². The molecule has 0 aliphatic rings. The summed E-state index contributed by atoms with van der Waals surface area (Å²) in [5, 5.41) is 4.94. The van der Waals surface area contributed by atoms with E-state index in [-0.39, 0.29) is 5.91 Å². The minimum atomic E-state index is -0.0845. The van der Waals surface area contributed by atoms with Gasteiger partial charge < -0.3 is 16.0 Å². The summed E-state index contributed by atoms with van der Waals surface area (Å²) in [6.07, 6.45) is 3.71. The van der Waals surface area contributed by atoms with Crippen molar-refractivity contribution in [2.75, 3.05) is 13.1 Å². The number of amides is 1. The molecule has 2 aromatic heterocycles. The first-order valence-electron chi connectivity index (χ1n) is 9.42. The van der Waals surface area contributed by atoms with Crippen LogP contribution in [0.2, 0.25) is 0 Å². The number of rotatable bonds is 6. The molecule has 0 atom stereocenters. The maximum atomic E-state index is 13.0. The highest BCUT2D eigenvalue weighted by Crippen LogP contribution is 2.32. The van der Waals surface area contributed by atoms with Gasteiger partial charge in [0.05, 0.1) is 16.8 Å². The van der Waals surface area contributed by atoms with Crippen LogP contribution in [0.4, 0.5) is 0 Å². The third-order valence-corrected chi connectivity index (χ3v) is 6.02. The Morgan fingerprint density at radius 1 is 1.14 bits per heavy atom. The molecule has 0 fully saturated rings. The number of nitrogens with two attached hydrogens (primary N) is 1. The van der Waals surface area contributed by atoms with Crippen LogP contribution in [0.1, 0.15) is 23.2 Å². The van der Waals surface area contributed by atoms with Gasteiger partial charge in [0.2, 0.25) is 0 Å². The van der Waals surface area contributed by atoms with E-state index in [1.807, 2.05) is 42.6 Å². The second-order valence-corrected chi connectivity index (χ2v) is 9.02. The second kappa shape index (κ2) is 8.81. The van der Waals surface area contributed by atoms with Gasteiger partial charge in [-0.3, -0.25) is 4.79 Å². The molecule has 29 heavy (non-hydrogen) atoms. The normalized spacial score (nSPS) is 11.3. The van der Waals surface area contributed by atoms with Crippen molar-refractivity contribution in [2.24, 2.45) is 5.73 Å². The van der Waals surface area contributed by atoms with E-state index >= 15 is 0 Å². The van der Waals surface area contributed by atoms with Crippen molar-refractivity contribution in [3.63, 3.8) is 0 Å². The molecule has 2 heterocycles. The maximum absolute atomic E-state index is 13.0. The van der Waals surface area contributed by atoms with Crippen LogP contribution in [0.15, 0.2) is 53.1 Å². The van der Waals surface area contributed by atoms with Gasteiger partial charge in [-0.2, -0.15) is 0 Å². The number of aromatic nitrogens is 2. The summed E-state index contributed by atoms with van der Waals surface area (Å²) in [4.78, 5) is 21.1. The monoisotopic (exact) mass is 562 g/mol. The number of hydrogen-bond acceptors (Lipinski definition) is 3. The summed E-state index contributed by atoms with van der Waals surface area (Å²) < 4.78 is 2.07. The fourth-order valence-corrected chi connectivity index (χ4v) is 4.25. The van der Waals surface area contributed by atoms with Gasteiger partial charge in [-0.25, -0.2) is 4.98 Å². The zero-order valence-corrected chi connectivity index (χ0v) is 19.4. The molecule has 1 amide bonds. The number of benzene rings is 2. The molecule has 0 aliphatic carbocycles. The summed E-state index contributed by atoms with van der Waals surface area (Å²) in [6.45, 7) is 1.24. The number of carbonyl (C=O) groups is 1. The number of hydrogen-bond donors (Lipinski definition) is 3. The first-order chi connectivity index (χ1) is 14.1. The van der Waals surface area contributed by atoms with Crippen molar-refractivity contribution in [3.8, 4) is 11.3 Å². The number of aromatic amines is 1. The van der Waals surface area contributed by atoms with Gasteiger partial charge in [0.15, 0.2) is 0 Å². The van der Waals surface area contributed by atoms with Crippen LogP contribution in [0, 0.1) is 3.57 Å². The van der Waals surface area contributed by atoms with Gasteiger partial charge in [0.25, 0.3) is 5.91 Å². The van der Waals surface area contributed by atoms with Crippen molar-refractivity contribution in [3.05, 3.63) is 62.3 Å². The molecule has 2 aromatic carbocycles. The van der Waals surface area contributed by atoms with Crippen LogP contribution in [0.3, 0.4) is 0 Å². The number of nitrogens with one attached hydrogen (secondary N) is 2. The quantitative estimate of drug-likeness (QED) is 0.222.